The molecule has 2 heteroatoms. The van der Waals surface area contributed by atoms with Gasteiger partial charge in [0.05, 0.1) is 11.6 Å². The minimum absolute atomic E-state index is 0.0721. The lowest BCUT2D eigenvalue weighted by molar-refractivity contribution is -0.111. The van der Waals surface area contributed by atoms with E-state index in [2.05, 4.69) is 0 Å². The van der Waals surface area contributed by atoms with Crippen LogP contribution in [0, 0.1) is 11.3 Å². The van der Waals surface area contributed by atoms with Gasteiger partial charge in [-0.25, -0.2) is 0 Å². The summed E-state index contributed by atoms with van der Waals surface area (Å²) in [5.41, 5.74) is 1.96. The quantitative estimate of drug-likeness (QED) is 0.541. The highest BCUT2D eigenvalue weighted by Crippen LogP contribution is 2.19. The fourth-order valence-corrected chi connectivity index (χ4v) is 1.05. The van der Waals surface area contributed by atoms with E-state index >= 15 is 0 Å². The van der Waals surface area contributed by atoms with Gasteiger partial charge in [0.25, 0.3) is 0 Å². The molecular formula is C10H9NO. The van der Waals surface area contributed by atoms with Crippen LogP contribution in [0.5, 0.6) is 0 Å². The van der Waals surface area contributed by atoms with Crippen LogP contribution in [0.15, 0.2) is 34.9 Å². The Morgan fingerprint density at radius 3 is 2.67 bits per heavy atom. The van der Waals surface area contributed by atoms with Gasteiger partial charge >= 0.3 is 0 Å². The van der Waals surface area contributed by atoms with Gasteiger partial charge in [0.1, 0.15) is 0 Å². The van der Waals surface area contributed by atoms with Gasteiger partial charge in [0.15, 0.2) is 5.78 Å². The summed E-state index contributed by atoms with van der Waals surface area (Å²) >= 11 is 0. The van der Waals surface area contributed by atoms with Crippen LogP contribution < -0.4 is 0 Å². The van der Waals surface area contributed by atoms with Gasteiger partial charge in [-0.05, 0) is 31.1 Å². The summed E-state index contributed by atoms with van der Waals surface area (Å²) in [6.45, 7) is 3.59. The average molecular weight is 159 g/mol. The maximum Gasteiger partial charge on any atom is 0.182 e. The number of rotatable bonds is 0. The van der Waals surface area contributed by atoms with E-state index in [1.54, 1.807) is 13.0 Å². The Morgan fingerprint density at radius 2 is 2.17 bits per heavy atom. The first-order chi connectivity index (χ1) is 5.69. The van der Waals surface area contributed by atoms with Crippen LogP contribution in [0.1, 0.15) is 13.8 Å². The molecule has 12 heavy (non-hydrogen) atoms. The number of nitriles is 1. The molecule has 1 aliphatic carbocycles. The van der Waals surface area contributed by atoms with Crippen molar-refractivity contribution in [3.05, 3.63) is 34.9 Å². The van der Waals surface area contributed by atoms with Gasteiger partial charge in [0, 0.05) is 6.08 Å². The van der Waals surface area contributed by atoms with Gasteiger partial charge in [-0.3, -0.25) is 4.79 Å². The second-order valence-electron chi connectivity index (χ2n) is 2.61. The summed E-state index contributed by atoms with van der Waals surface area (Å²) in [6, 6.07) is 1.98. The standard InChI is InChI=1S/C10H9NO/c1-3-8-4-7(2)10(12)5-9(8)6-11/h3-5H,1-2H3. The topological polar surface area (TPSA) is 40.9 Å². The zero-order valence-electron chi connectivity index (χ0n) is 7.09. The second-order valence-corrected chi connectivity index (χ2v) is 2.61. The molecule has 0 radical (unpaired) electrons. The second kappa shape index (κ2) is 3.19. The molecule has 0 amide bonds. The molecule has 0 aromatic carbocycles. The van der Waals surface area contributed by atoms with Crippen molar-refractivity contribution in [2.45, 2.75) is 13.8 Å². The van der Waals surface area contributed by atoms with Crippen molar-refractivity contribution in [1.82, 2.24) is 0 Å². The van der Waals surface area contributed by atoms with Crippen molar-refractivity contribution >= 4 is 5.78 Å². The number of carbonyl (C=O) groups is 1. The lowest BCUT2D eigenvalue weighted by Crippen LogP contribution is -2.03. The number of carbonyl (C=O) groups excluding carboxylic acids is 1. The Labute approximate surface area is 71.5 Å². The Hall–Kier alpha value is -1.62. The number of nitrogens with zero attached hydrogens (tertiary/aromatic N) is 1. The summed E-state index contributed by atoms with van der Waals surface area (Å²) in [7, 11) is 0. The third kappa shape index (κ3) is 1.35. The lowest BCUT2D eigenvalue weighted by atomic mass is 9.95. The molecule has 0 aromatic heterocycles. The number of allylic oxidation sites excluding steroid dienone is 6. The molecule has 2 nitrogen and oxygen atoms in total. The van der Waals surface area contributed by atoms with E-state index in [1.165, 1.54) is 6.08 Å². The van der Waals surface area contributed by atoms with Crippen LogP contribution in [0.25, 0.3) is 0 Å². The highest BCUT2D eigenvalue weighted by molar-refractivity contribution is 6.07. The van der Waals surface area contributed by atoms with Crippen LogP contribution in [-0.2, 0) is 4.79 Å². The van der Waals surface area contributed by atoms with E-state index in [9.17, 15) is 4.79 Å². The van der Waals surface area contributed by atoms with Crippen LogP contribution in [0.2, 0.25) is 0 Å². The SMILES string of the molecule is CC=C1C=C(C)C(=O)C=C1C#N. The first-order valence-electron chi connectivity index (χ1n) is 3.70. The van der Waals surface area contributed by atoms with E-state index in [1.807, 2.05) is 19.1 Å². The van der Waals surface area contributed by atoms with Crippen molar-refractivity contribution in [2.75, 3.05) is 0 Å². The molecule has 1 rings (SSSR count). The molecule has 0 aromatic rings. The summed E-state index contributed by atoms with van der Waals surface area (Å²) < 4.78 is 0. The van der Waals surface area contributed by atoms with Gasteiger partial charge in [-0.15, -0.1) is 0 Å². The molecule has 0 saturated carbocycles. The predicted octanol–water partition coefficient (Wildman–Crippen LogP) is 1.91. The van der Waals surface area contributed by atoms with E-state index in [0.29, 0.717) is 11.1 Å². The van der Waals surface area contributed by atoms with Crippen molar-refractivity contribution in [1.29, 1.82) is 5.26 Å². The van der Waals surface area contributed by atoms with Gasteiger partial charge in [-0.1, -0.05) is 6.08 Å². The van der Waals surface area contributed by atoms with Crippen molar-refractivity contribution in [3.8, 4) is 6.07 Å². The number of hydrogen-bond donors (Lipinski definition) is 0. The Bertz CT molecular complexity index is 351. The van der Waals surface area contributed by atoms with E-state index in [4.69, 9.17) is 5.26 Å². The third-order valence-electron chi connectivity index (χ3n) is 1.78. The maximum absolute atomic E-state index is 11.1. The van der Waals surface area contributed by atoms with Crippen molar-refractivity contribution in [3.63, 3.8) is 0 Å². The summed E-state index contributed by atoms with van der Waals surface area (Å²) in [5.74, 6) is -0.0721. The molecule has 1 aliphatic rings. The first-order valence-corrected chi connectivity index (χ1v) is 3.70. The molecule has 0 atom stereocenters. The van der Waals surface area contributed by atoms with Crippen LogP contribution >= 0.6 is 0 Å². The van der Waals surface area contributed by atoms with Crippen molar-refractivity contribution in [2.24, 2.45) is 0 Å². The molecule has 0 saturated heterocycles. The smallest absolute Gasteiger partial charge is 0.182 e. The largest absolute Gasteiger partial charge is 0.290 e. The zero-order chi connectivity index (χ0) is 9.14. The lowest BCUT2D eigenvalue weighted by Gasteiger charge is -2.06. The molecule has 60 valence electrons. The predicted molar refractivity (Wildman–Crippen MR) is 46.2 cm³/mol. The molecule has 0 bridgehead atoms. The first kappa shape index (κ1) is 8.48. The molecule has 0 N–H and O–H groups in total. The highest BCUT2D eigenvalue weighted by atomic mass is 16.1. The molecule has 0 aliphatic heterocycles. The molecule has 0 heterocycles. The van der Waals surface area contributed by atoms with E-state index < -0.39 is 0 Å². The third-order valence-corrected chi connectivity index (χ3v) is 1.78. The Balaban J connectivity index is 3.17. The minimum atomic E-state index is -0.0721. The van der Waals surface area contributed by atoms with Crippen LogP contribution in [0.3, 0.4) is 0 Å². The summed E-state index contributed by atoms with van der Waals surface area (Å²) in [4.78, 5) is 11.1. The highest BCUT2D eigenvalue weighted by Gasteiger charge is 2.12. The molecular weight excluding hydrogens is 150 g/mol. The normalized spacial score (nSPS) is 20.1. The van der Waals surface area contributed by atoms with E-state index in [-0.39, 0.29) is 5.78 Å². The van der Waals surface area contributed by atoms with E-state index in [0.717, 1.165) is 5.57 Å². The number of ketones is 1. The Kier molecular flexibility index (Phi) is 2.25. The van der Waals surface area contributed by atoms with Gasteiger partial charge in [-0.2, -0.15) is 5.26 Å². The monoisotopic (exact) mass is 159 g/mol. The van der Waals surface area contributed by atoms with Crippen molar-refractivity contribution < 1.29 is 4.79 Å². The fourth-order valence-electron chi connectivity index (χ4n) is 1.05. The Morgan fingerprint density at radius 1 is 1.50 bits per heavy atom. The average Bonchev–Trinajstić information content (AvgIpc) is 2.09. The maximum atomic E-state index is 11.1. The molecule has 0 spiro atoms. The van der Waals surface area contributed by atoms with Crippen LogP contribution in [-0.4, -0.2) is 5.78 Å². The molecule has 0 fully saturated rings. The molecule has 0 unspecified atom stereocenters. The van der Waals surface area contributed by atoms with Gasteiger partial charge < -0.3 is 0 Å². The zero-order valence-corrected chi connectivity index (χ0v) is 7.09. The van der Waals surface area contributed by atoms with Gasteiger partial charge in [0.2, 0.25) is 0 Å². The van der Waals surface area contributed by atoms with Crippen LogP contribution in [0.4, 0.5) is 0 Å². The minimum Gasteiger partial charge on any atom is -0.290 e. The summed E-state index contributed by atoms with van der Waals surface area (Å²) in [5, 5.41) is 8.66. The summed E-state index contributed by atoms with van der Waals surface area (Å²) in [6.07, 6.45) is 4.94. The number of hydrogen-bond acceptors (Lipinski definition) is 2. The fraction of sp³-hybridized carbons (Fsp3) is 0.200.